The number of hydrogen-bond donors (Lipinski definition) is 0. The maximum atomic E-state index is 13.0. The van der Waals surface area contributed by atoms with Gasteiger partial charge < -0.3 is 14.1 Å². The molecular weight excluding hydrogens is 420 g/mol. The summed E-state index contributed by atoms with van der Waals surface area (Å²) in [5, 5.41) is -0.123. The summed E-state index contributed by atoms with van der Waals surface area (Å²) in [7, 11) is 1.14. The van der Waals surface area contributed by atoms with Crippen molar-refractivity contribution >= 4 is 31.7 Å². The predicted molar refractivity (Wildman–Crippen MR) is 102 cm³/mol. The van der Waals surface area contributed by atoms with Crippen molar-refractivity contribution in [1.82, 2.24) is 4.98 Å². The molecule has 0 saturated heterocycles. The number of hydrogen-bond acceptors (Lipinski definition) is 6. The highest BCUT2D eigenvalue weighted by molar-refractivity contribution is 9.10. The lowest BCUT2D eigenvalue weighted by atomic mass is 10.2. The number of anilines is 1. The average Bonchev–Trinajstić information content (AvgIpc) is 3.09. The summed E-state index contributed by atoms with van der Waals surface area (Å²) in [5.74, 6) is 1.01. The third kappa shape index (κ3) is 3.47. The quantitative estimate of drug-likeness (QED) is 0.601. The Morgan fingerprint density at radius 2 is 1.81 bits per heavy atom. The number of methoxy groups -OCH3 is 1. The molecule has 0 aliphatic heterocycles. The SMILES string of the molecule is COc1cccc(-c2nc(S(=O)(=O)c3ccc(Br)cc3)c(N(C)C)o2)c1. The molecule has 3 rings (SSSR count). The Labute approximate surface area is 160 Å². The molecule has 0 aliphatic rings. The first-order chi connectivity index (χ1) is 12.3. The van der Waals surface area contributed by atoms with Gasteiger partial charge in [-0.2, -0.15) is 4.98 Å². The second kappa shape index (κ2) is 7.13. The summed E-state index contributed by atoms with van der Waals surface area (Å²) in [4.78, 5) is 6.02. The molecule has 0 unspecified atom stereocenters. The highest BCUT2D eigenvalue weighted by Crippen LogP contribution is 2.34. The lowest BCUT2D eigenvalue weighted by Gasteiger charge is -2.10. The Morgan fingerprint density at radius 1 is 1.12 bits per heavy atom. The minimum absolute atomic E-state index is 0.123. The predicted octanol–water partition coefficient (Wildman–Crippen LogP) is 4.01. The summed E-state index contributed by atoms with van der Waals surface area (Å²) in [5.41, 5.74) is 0.629. The summed E-state index contributed by atoms with van der Waals surface area (Å²) < 4.78 is 37.9. The van der Waals surface area contributed by atoms with Crippen LogP contribution in [0, 0.1) is 0 Å². The van der Waals surface area contributed by atoms with Crippen LogP contribution in [0.5, 0.6) is 5.75 Å². The van der Waals surface area contributed by atoms with Gasteiger partial charge in [-0.3, -0.25) is 0 Å². The van der Waals surface area contributed by atoms with Gasteiger partial charge in [0.1, 0.15) is 5.75 Å². The lowest BCUT2D eigenvalue weighted by molar-refractivity contribution is 0.414. The van der Waals surface area contributed by atoms with E-state index in [4.69, 9.17) is 9.15 Å². The summed E-state index contributed by atoms with van der Waals surface area (Å²) in [6.07, 6.45) is 0. The Balaban J connectivity index is 2.15. The third-order valence-electron chi connectivity index (χ3n) is 3.68. The normalized spacial score (nSPS) is 11.4. The van der Waals surface area contributed by atoms with E-state index in [9.17, 15) is 8.42 Å². The van der Waals surface area contributed by atoms with Crippen LogP contribution >= 0.6 is 15.9 Å². The van der Waals surface area contributed by atoms with Crippen molar-refractivity contribution in [2.45, 2.75) is 9.92 Å². The lowest BCUT2D eigenvalue weighted by Crippen LogP contribution is -2.13. The molecule has 6 nitrogen and oxygen atoms in total. The molecule has 0 atom stereocenters. The van der Waals surface area contributed by atoms with Crippen molar-refractivity contribution in [2.24, 2.45) is 0 Å². The Bertz CT molecular complexity index is 1030. The van der Waals surface area contributed by atoms with Crippen LogP contribution in [0.4, 0.5) is 5.88 Å². The number of aromatic nitrogens is 1. The van der Waals surface area contributed by atoms with Crippen molar-refractivity contribution in [2.75, 3.05) is 26.1 Å². The van der Waals surface area contributed by atoms with Crippen molar-refractivity contribution in [1.29, 1.82) is 0 Å². The van der Waals surface area contributed by atoms with Crippen LogP contribution in [0.3, 0.4) is 0 Å². The number of nitrogens with zero attached hydrogens (tertiary/aromatic N) is 2. The van der Waals surface area contributed by atoms with Gasteiger partial charge >= 0.3 is 0 Å². The largest absolute Gasteiger partial charge is 0.497 e. The van der Waals surface area contributed by atoms with Gasteiger partial charge in [-0.1, -0.05) is 22.0 Å². The summed E-state index contributed by atoms with van der Waals surface area (Å²) in [6, 6.07) is 13.5. The van der Waals surface area contributed by atoms with E-state index in [-0.39, 0.29) is 21.7 Å². The van der Waals surface area contributed by atoms with Gasteiger partial charge in [0.2, 0.25) is 26.6 Å². The van der Waals surface area contributed by atoms with E-state index in [2.05, 4.69) is 20.9 Å². The molecule has 3 aromatic rings. The van der Waals surface area contributed by atoms with Crippen molar-refractivity contribution in [3.05, 3.63) is 53.0 Å². The Morgan fingerprint density at radius 3 is 2.42 bits per heavy atom. The summed E-state index contributed by atoms with van der Waals surface area (Å²) in [6.45, 7) is 0. The summed E-state index contributed by atoms with van der Waals surface area (Å²) >= 11 is 3.31. The number of halogens is 1. The highest BCUT2D eigenvalue weighted by atomic mass is 79.9. The van der Waals surface area contributed by atoms with Crippen LogP contribution in [0.1, 0.15) is 0 Å². The van der Waals surface area contributed by atoms with Gasteiger partial charge in [0.05, 0.1) is 12.0 Å². The van der Waals surface area contributed by atoms with E-state index in [1.165, 1.54) is 12.1 Å². The van der Waals surface area contributed by atoms with Crippen LogP contribution < -0.4 is 9.64 Å². The minimum atomic E-state index is -3.83. The first kappa shape index (κ1) is 18.5. The van der Waals surface area contributed by atoms with Gasteiger partial charge in [-0.15, -0.1) is 0 Å². The number of benzene rings is 2. The number of rotatable bonds is 5. The molecule has 8 heteroatoms. The van der Waals surface area contributed by atoms with E-state index in [1.54, 1.807) is 62.5 Å². The fourth-order valence-electron chi connectivity index (χ4n) is 2.36. The zero-order valence-corrected chi connectivity index (χ0v) is 16.8. The van der Waals surface area contributed by atoms with Gasteiger partial charge in [0.15, 0.2) is 0 Å². The second-order valence-electron chi connectivity index (χ2n) is 5.71. The van der Waals surface area contributed by atoms with Gasteiger partial charge in [-0.05, 0) is 42.5 Å². The topological polar surface area (TPSA) is 72.6 Å². The van der Waals surface area contributed by atoms with Crippen LogP contribution in [-0.2, 0) is 9.84 Å². The Kier molecular flexibility index (Phi) is 5.06. The van der Waals surface area contributed by atoms with Crippen molar-refractivity contribution in [3.8, 4) is 17.2 Å². The maximum absolute atomic E-state index is 13.0. The second-order valence-corrected chi connectivity index (χ2v) is 8.49. The zero-order valence-electron chi connectivity index (χ0n) is 14.4. The molecule has 2 aromatic carbocycles. The van der Waals surface area contributed by atoms with Crippen LogP contribution in [0.25, 0.3) is 11.5 Å². The molecule has 0 radical (unpaired) electrons. The molecule has 136 valence electrons. The minimum Gasteiger partial charge on any atom is -0.497 e. The molecule has 1 heterocycles. The Hall–Kier alpha value is -2.32. The monoisotopic (exact) mass is 436 g/mol. The van der Waals surface area contributed by atoms with Crippen LogP contribution in [-0.4, -0.2) is 34.6 Å². The van der Waals surface area contributed by atoms with Crippen molar-refractivity contribution in [3.63, 3.8) is 0 Å². The van der Waals surface area contributed by atoms with Gasteiger partial charge in [-0.25, -0.2) is 8.42 Å². The molecule has 0 fully saturated rings. The molecule has 1 aromatic heterocycles. The van der Waals surface area contributed by atoms with E-state index in [0.29, 0.717) is 11.3 Å². The fourth-order valence-corrected chi connectivity index (χ4v) is 4.00. The maximum Gasteiger partial charge on any atom is 0.235 e. The van der Waals surface area contributed by atoms with E-state index in [0.717, 1.165) is 4.47 Å². The standard InChI is InChI=1S/C18H17BrN2O4S/c1-21(2)18-17(26(22,23)15-9-7-13(19)8-10-15)20-16(25-18)12-5-4-6-14(11-12)24-3/h4-11H,1-3H3. The molecule has 0 bridgehead atoms. The molecular formula is C18H17BrN2O4S. The van der Waals surface area contributed by atoms with Crippen LogP contribution in [0.2, 0.25) is 0 Å². The zero-order chi connectivity index (χ0) is 18.9. The smallest absolute Gasteiger partial charge is 0.235 e. The fraction of sp³-hybridized carbons (Fsp3) is 0.167. The van der Waals surface area contributed by atoms with Gasteiger partial charge in [0.25, 0.3) is 0 Å². The molecule has 0 aliphatic carbocycles. The average molecular weight is 437 g/mol. The van der Waals surface area contributed by atoms with E-state index in [1.807, 2.05) is 0 Å². The van der Waals surface area contributed by atoms with E-state index >= 15 is 0 Å². The molecule has 0 N–H and O–H groups in total. The molecule has 0 amide bonds. The number of oxazole rings is 1. The molecule has 26 heavy (non-hydrogen) atoms. The molecule has 0 spiro atoms. The number of ether oxygens (including phenoxy) is 1. The van der Waals surface area contributed by atoms with Crippen molar-refractivity contribution < 1.29 is 17.6 Å². The van der Waals surface area contributed by atoms with Gasteiger partial charge in [0, 0.05) is 24.1 Å². The van der Waals surface area contributed by atoms with Crippen LogP contribution in [0.15, 0.2) is 67.3 Å². The molecule has 0 saturated carbocycles. The first-order valence-corrected chi connectivity index (χ1v) is 9.94. The van der Waals surface area contributed by atoms with E-state index < -0.39 is 9.84 Å². The first-order valence-electron chi connectivity index (χ1n) is 7.66. The number of sulfone groups is 1. The third-order valence-corrected chi connectivity index (χ3v) is 5.88. The highest BCUT2D eigenvalue weighted by Gasteiger charge is 2.29.